The van der Waals surface area contributed by atoms with Crippen molar-refractivity contribution in [2.24, 2.45) is 5.41 Å². The van der Waals surface area contributed by atoms with Gasteiger partial charge in [0, 0.05) is 53.5 Å². The van der Waals surface area contributed by atoms with Gasteiger partial charge in [0.05, 0.1) is 28.0 Å². The summed E-state index contributed by atoms with van der Waals surface area (Å²) in [6.45, 7) is 13.0. The second-order valence-corrected chi connectivity index (χ2v) is 29.1. The van der Waals surface area contributed by atoms with Crippen LogP contribution in [-0.4, -0.2) is 37.8 Å². The molecule has 10 aromatic rings. The van der Waals surface area contributed by atoms with Gasteiger partial charge in [0.25, 0.3) is 0 Å². The van der Waals surface area contributed by atoms with Crippen LogP contribution in [0.1, 0.15) is 43.3 Å². The van der Waals surface area contributed by atoms with E-state index in [-0.39, 0.29) is 20.1 Å². The first kappa shape index (κ1) is 43.9. The summed E-state index contributed by atoms with van der Waals surface area (Å²) >= 11 is -1.90. The van der Waals surface area contributed by atoms with Crippen molar-refractivity contribution in [2.45, 2.75) is 65.2 Å². The number of imidazole rings is 1. The summed E-state index contributed by atoms with van der Waals surface area (Å²) in [6, 6.07) is 50.6. The van der Waals surface area contributed by atoms with Gasteiger partial charge < -0.3 is 8.98 Å². The average Bonchev–Trinajstić information content (AvgIpc) is 3.82. The van der Waals surface area contributed by atoms with Crippen molar-refractivity contribution in [1.29, 1.82) is 0 Å². The topological polar surface area (TPSA) is 69.6 Å². The molecule has 0 amide bonds. The maximum absolute atomic E-state index is 6.47. The van der Waals surface area contributed by atoms with Gasteiger partial charge in [-0.25, -0.2) is 4.98 Å². The first-order valence-corrected chi connectivity index (χ1v) is 28.7. The second-order valence-electron chi connectivity index (χ2n) is 18.5. The molecule has 5 aromatic heterocycles. The zero-order chi connectivity index (χ0) is 43.3. The number of rotatable bonds is 6. The van der Waals surface area contributed by atoms with Crippen LogP contribution in [0.3, 0.4) is 0 Å². The van der Waals surface area contributed by atoms with Crippen molar-refractivity contribution in [3.8, 4) is 39.5 Å². The molecule has 8 heteroatoms. The minimum absolute atomic E-state index is 0. The number of benzene rings is 5. The van der Waals surface area contributed by atoms with Gasteiger partial charge in [0.15, 0.2) is 0 Å². The summed E-state index contributed by atoms with van der Waals surface area (Å²) in [5.41, 5.74) is 15.1. The molecule has 6 nitrogen and oxygen atoms in total. The third-order valence-corrected chi connectivity index (χ3v) is 15.8. The number of hydrogen-bond acceptors (Lipinski definition) is 5. The van der Waals surface area contributed by atoms with E-state index in [0.717, 1.165) is 101 Å². The van der Waals surface area contributed by atoms with Crippen molar-refractivity contribution < 1.29 is 24.5 Å². The van der Waals surface area contributed by atoms with Gasteiger partial charge in [-0.1, -0.05) is 71.6 Å². The summed E-state index contributed by atoms with van der Waals surface area (Å²) in [5, 5.41) is 3.06. The van der Waals surface area contributed by atoms with Crippen LogP contribution in [0.2, 0.25) is 17.3 Å². The molecule has 0 spiro atoms. The minimum atomic E-state index is -1.90. The second kappa shape index (κ2) is 17.4. The number of pyridine rings is 3. The van der Waals surface area contributed by atoms with Crippen LogP contribution in [0.4, 0.5) is 0 Å². The summed E-state index contributed by atoms with van der Waals surface area (Å²) in [6.07, 6.45) is 3.24. The van der Waals surface area contributed by atoms with Crippen LogP contribution in [0.15, 0.2) is 138 Å². The Bertz CT molecular complexity index is 3270. The molecule has 0 saturated heterocycles. The van der Waals surface area contributed by atoms with E-state index in [1.54, 1.807) is 0 Å². The summed E-state index contributed by atoms with van der Waals surface area (Å²) in [4.78, 5) is 19.7. The molecule has 5 aromatic carbocycles. The van der Waals surface area contributed by atoms with Crippen molar-refractivity contribution in [3.63, 3.8) is 0 Å². The molecule has 10 rings (SSSR count). The molecule has 0 atom stereocenters. The fourth-order valence-corrected chi connectivity index (χ4v) is 11.7. The van der Waals surface area contributed by atoms with Crippen molar-refractivity contribution >= 4 is 61.7 Å². The van der Waals surface area contributed by atoms with E-state index in [2.05, 4.69) is 153 Å². The number of aryl methyl sites for hydroxylation is 3. The largest absolute Gasteiger partial charge is 0.486 e. The SMILES string of the molecule is CC(C)(C)Cc1cc(-c2[c-]cccc2)nc[c]1[Ge]([CH3])([CH3])[CH3].Cc1ccc2ccc3nc(-c4[c-]ccc5c4oc4nc(C)c(C)cc45)n(-c4ccccc4-c4ccccc4)c3c2n1.[Ir]. The molecule has 0 N–H and O–H groups in total. The van der Waals surface area contributed by atoms with E-state index < -0.39 is 13.3 Å². The molecule has 0 fully saturated rings. The quantitative estimate of drug-likeness (QED) is 0.123. The number of para-hydroxylation sites is 1. The van der Waals surface area contributed by atoms with E-state index in [1.807, 2.05) is 56.3 Å². The molecule has 1 radical (unpaired) electrons. The third kappa shape index (κ3) is 8.80. The molecular weight excluding hydrogens is 1010 g/mol. The number of aromatic nitrogens is 5. The van der Waals surface area contributed by atoms with Gasteiger partial charge in [-0.15, -0.1) is 18.2 Å². The van der Waals surface area contributed by atoms with Gasteiger partial charge in [-0.3, -0.25) is 9.97 Å². The van der Waals surface area contributed by atoms with Gasteiger partial charge in [0.2, 0.25) is 5.71 Å². The maximum atomic E-state index is 6.47. The van der Waals surface area contributed by atoms with Gasteiger partial charge in [0.1, 0.15) is 0 Å². The number of furan rings is 1. The third-order valence-electron chi connectivity index (χ3n) is 11.4. The normalized spacial score (nSPS) is 11.8. The van der Waals surface area contributed by atoms with Crippen molar-refractivity contribution in [1.82, 2.24) is 24.5 Å². The molecular formula is C55H51GeIrN5O-2. The first-order chi connectivity index (χ1) is 29.7. The van der Waals surface area contributed by atoms with Crippen LogP contribution in [0.25, 0.3) is 83.5 Å². The van der Waals surface area contributed by atoms with Crippen LogP contribution in [0.5, 0.6) is 0 Å². The number of fused-ring (bicyclic) bond motifs is 6. The predicted molar refractivity (Wildman–Crippen MR) is 260 cm³/mol. The van der Waals surface area contributed by atoms with Gasteiger partial charge in [-0.2, -0.15) is 0 Å². The maximum Gasteiger partial charge on any atom is 0.216 e. The fourth-order valence-electron chi connectivity index (χ4n) is 8.38. The Labute approximate surface area is 386 Å². The van der Waals surface area contributed by atoms with E-state index in [1.165, 1.54) is 9.96 Å². The Balaban J connectivity index is 0.000000210. The Kier molecular flexibility index (Phi) is 12.2. The zero-order valence-corrected chi connectivity index (χ0v) is 41.9. The summed E-state index contributed by atoms with van der Waals surface area (Å²) in [7, 11) is 0. The molecule has 0 saturated carbocycles. The van der Waals surface area contributed by atoms with E-state index in [0.29, 0.717) is 11.1 Å². The van der Waals surface area contributed by atoms with E-state index >= 15 is 0 Å². The summed E-state index contributed by atoms with van der Waals surface area (Å²) in [5.74, 6) is 8.07. The van der Waals surface area contributed by atoms with Crippen molar-refractivity contribution in [2.75, 3.05) is 0 Å². The van der Waals surface area contributed by atoms with Crippen LogP contribution in [-0.2, 0) is 26.5 Å². The number of hydrogen-bond donors (Lipinski definition) is 0. The van der Waals surface area contributed by atoms with Gasteiger partial charge >= 0.3 is 132 Å². The van der Waals surface area contributed by atoms with E-state index in [9.17, 15) is 0 Å². The molecule has 0 aliphatic heterocycles. The molecule has 0 unspecified atom stereocenters. The Morgan fingerprint density at radius 2 is 1.48 bits per heavy atom. The fraction of sp³-hybridized carbons (Fsp3) is 0.200. The molecule has 0 aliphatic rings. The Morgan fingerprint density at radius 3 is 2.22 bits per heavy atom. The minimum Gasteiger partial charge on any atom is -0.486 e. The number of nitrogens with zero attached hydrogens (tertiary/aromatic N) is 5. The van der Waals surface area contributed by atoms with Gasteiger partial charge in [-0.05, 0) is 56.2 Å². The first-order valence-electron chi connectivity index (χ1n) is 21.4. The Morgan fingerprint density at radius 1 is 0.730 bits per heavy atom. The zero-order valence-electron chi connectivity index (χ0n) is 37.4. The average molecular weight is 1060 g/mol. The van der Waals surface area contributed by atoms with Crippen LogP contribution in [0, 0.1) is 38.3 Å². The molecule has 0 aliphatic carbocycles. The Hall–Kier alpha value is -5.73. The standard InChI is InChI=1S/C36H25N4O.C19H26GeN.Ir/c1-21-20-29-27-13-9-14-28(34(27)41-36(29)38-23(21)3)35-39-30-19-18-25-17-16-22(2)37-32(25)33(30)40(35)31-15-8-7-12-26(31)24-10-5-4-6-11-24;1-19(2,3)13-16-12-18(15-10-8-7-9-11-15)21-14-17(16)20(4,5)6;/h4-13,15-20H,1-3H3;7-10,12,14H,13H2,1-6H3;/q2*-1;. The molecule has 5 heterocycles. The predicted octanol–water partition coefficient (Wildman–Crippen LogP) is 13.6. The van der Waals surface area contributed by atoms with Crippen LogP contribution < -0.4 is 4.40 Å². The monoisotopic (exact) mass is 1060 g/mol. The molecule has 63 heavy (non-hydrogen) atoms. The van der Waals surface area contributed by atoms with E-state index in [4.69, 9.17) is 24.4 Å². The molecule has 0 bridgehead atoms. The molecule has 317 valence electrons. The van der Waals surface area contributed by atoms with Crippen molar-refractivity contribution in [3.05, 3.63) is 168 Å². The summed E-state index contributed by atoms with van der Waals surface area (Å²) < 4.78 is 10.2. The smallest absolute Gasteiger partial charge is 0.216 e. The van der Waals surface area contributed by atoms with Crippen LogP contribution >= 0.6 is 0 Å².